The van der Waals surface area contributed by atoms with Gasteiger partial charge in [-0.15, -0.1) is 0 Å². The molecule has 2 aliphatic rings. The highest BCUT2D eigenvalue weighted by Crippen LogP contribution is 2.39. The number of aromatic nitrogens is 1. The molecule has 2 unspecified atom stereocenters. The lowest BCUT2D eigenvalue weighted by Gasteiger charge is -2.39. The molecule has 2 aliphatic heterocycles. The molecule has 0 aliphatic carbocycles. The number of fused-ring (bicyclic) bond motifs is 3. The van der Waals surface area contributed by atoms with Gasteiger partial charge in [-0.2, -0.15) is 5.10 Å². The van der Waals surface area contributed by atoms with Gasteiger partial charge in [0.25, 0.3) is 5.91 Å². The molecule has 0 saturated carbocycles. The minimum atomic E-state index is -0.0604. The van der Waals surface area contributed by atoms with E-state index in [1.165, 1.54) is 0 Å². The molecule has 0 fully saturated rings. The molecule has 1 amide bonds. The molecule has 25 heavy (non-hydrogen) atoms. The highest BCUT2D eigenvalue weighted by molar-refractivity contribution is 6.05. The Kier molecular flexibility index (Phi) is 3.49. The molecule has 0 saturated heterocycles. The van der Waals surface area contributed by atoms with Crippen molar-refractivity contribution in [3.05, 3.63) is 42.1 Å². The normalized spacial score (nSPS) is 21.9. The molecule has 0 bridgehead atoms. The maximum Gasteiger partial charge on any atom is 0.257 e. The number of benzene rings is 1. The van der Waals surface area contributed by atoms with Crippen LogP contribution in [0.25, 0.3) is 11.1 Å². The number of amides is 1. The van der Waals surface area contributed by atoms with Gasteiger partial charge in [-0.25, -0.2) is 9.99 Å². The molecule has 3 heterocycles. The SMILES string of the molecule is CCC1=NN2c3cc(-c4ccc(N)nc4)ccc3C(=O)N(C)C2C1C. The Morgan fingerprint density at radius 3 is 2.64 bits per heavy atom. The van der Waals surface area contributed by atoms with Gasteiger partial charge in [-0.3, -0.25) is 4.79 Å². The zero-order valence-electron chi connectivity index (χ0n) is 14.6. The highest BCUT2D eigenvalue weighted by Gasteiger charge is 2.44. The summed E-state index contributed by atoms with van der Waals surface area (Å²) >= 11 is 0. The van der Waals surface area contributed by atoms with Crippen molar-refractivity contribution < 1.29 is 4.79 Å². The lowest BCUT2D eigenvalue weighted by molar-refractivity contribution is 0.0692. The third-order valence-corrected chi connectivity index (χ3v) is 5.13. The first kappa shape index (κ1) is 15.6. The summed E-state index contributed by atoms with van der Waals surface area (Å²) in [7, 11) is 1.85. The summed E-state index contributed by atoms with van der Waals surface area (Å²) in [6.07, 6.45) is 2.57. The van der Waals surface area contributed by atoms with Crippen LogP contribution in [0.1, 0.15) is 30.6 Å². The monoisotopic (exact) mass is 335 g/mol. The number of anilines is 2. The van der Waals surface area contributed by atoms with Gasteiger partial charge in [0.15, 0.2) is 0 Å². The fourth-order valence-corrected chi connectivity index (χ4v) is 3.73. The fourth-order valence-electron chi connectivity index (χ4n) is 3.73. The van der Waals surface area contributed by atoms with Gasteiger partial charge in [0.1, 0.15) is 12.0 Å². The molecule has 0 radical (unpaired) electrons. The number of hydrogen-bond donors (Lipinski definition) is 1. The number of carbonyl (C=O) groups excluding carboxylic acids is 1. The molecule has 128 valence electrons. The molecule has 2 aromatic rings. The van der Waals surface area contributed by atoms with E-state index in [-0.39, 0.29) is 18.0 Å². The van der Waals surface area contributed by atoms with Crippen LogP contribution in [0.15, 0.2) is 41.6 Å². The van der Waals surface area contributed by atoms with Gasteiger partial charge in [0, 0.05) is 30.4 Å². The minimum absolute atomic E-state index is 0.0395. The fraction of sp³-hybridized carbons (Fsp3) is 0.316. The van der Waals surface area contributed by atoms with Crippen LogP contribution in [-0.2, 0) is 0 Å². The number of hydrogen-bond acceptors (Lipinski definition) is 5. The van der Waals surface area contributed by atoms with Crippen molar-refractivity contribution in [3.63, 3.8) is 0 Å². The van der Waals surface area contributed by atoms with Crippen molar-refractivity contribution in [1.82, 2.24) is 9.88 Å². The maximum atomic E-state index is 12.8. The predicted octanol–water partition coefficient (Wildman–Crippen LogP) is 2.96. The Morgan fingerprint density at radius 1 is 1.20 bits per heavy atom. The summed E-state index contributed by atoms with van der Waals surface area (Å²) in [6.45, 7) is 4.24. The van der Waals surface area contributed by atoms with E-state index in [1.807, 2.05) is 36.3 Å². The molecular formula is C19H21N5O. The first-order valence-corrected chi connectivity index (χ1v) is 8.51. The Balaban J connectivity index is 1.84. The van der Waals surface area contributed by atoms with E-state index < -0.39 is 0 Å². The van der Waals surface area contributed by atoms with Crippen LogP contribution in [0.5, 0.6) is 0 Å². The van der Waals surface area contributed by atoms with Crippen LogP contribution >= 0.6 is 0 Å². The molecule has 6 nitrogen and oxygen atoms in total. The molecule has 2 atom stereocenters. The van der Waals surface area contributed by atoms with Crippen molar-refractivity contribution in [2.24, 2.45) is 11.0 Å². The summed E-state index contributed by atoms with van der Waals surface area (Å²) in [4.78, 5) is 18.8. The summed E-state index contributed by atoms with van der Waals surface area (Å²) < 4.78 is 0. The Labute approximate surface area is 147 Å². The van der Waals surface area contributed by atoms with Gasteiger partial charge in [0.2, 0.25) is 0 Å². The van der Waals surface area contributed by atoms with E-state index in [9.17, 15) is 4.79 Å². The molecule has 6 heteroatoms. The molecule has 4 rings (SSSR count). The molecular weight excluding hydrogens is 314 g/mol. The molecule has 2 N–H and O–H groups in total. The average molecular weight is 335 g/mol. The maximum absolute atomic E-state index is 12.8. The van der Waals surface area contributed by atoms with E-state index in [2.05, 4.69) is 18.8 Å². The Bertz CT molecular complexity index is 874. The standard InChI is InChI=1S/C19H21N5O/c1-4-15-11(2)18-23(3)19(25)14-7-5-12(9-16(14)24(18)22-15)13-6-8-17(20)21-10-13/h5-11,18H,4H2,1-3H3,(H2,20,21). The van der Waals surface area contributed by atoms with E-state index in [0.29, 0.717) is 11.4 Å². The van der Waals surface area contributed by atoms with E-state index in [0.717, 1.165) is 28.9 Å². The van der Waals surface area contributed by atoms with Crippen molar-refractivity contribution in [3.8, 4) is 11.1 Å². The lowest BCUT2D eigenvalue weighted by Crippen LogP contribution is -2.52. The van der Waals surface area contributed by atoms with Gasteiger partial charge >= 0.3 is 0 Å². The highest BCUT2D eigenvalue weighted by atomic mass is 16.2. The second-order valence-corrected chi connectivity index (χ2v) is 6.61. The minimum Gasteiger partial charge on any atom is -0.384 e. The zero-order chi connectivity index (χ0) is 17.7. The van der Waals surface area contributed by atoms with Crippen molar-refractivity contribution in [2.45, 2.75) is 26.4 Å². The predicted molar refractivity (Wildman–Crippen MR) is 99.3 cm³/mol. The number of nitrogens with two attached hydrogens (primary N) is 1. The number of carbonyl (C=O) groups is 1. The number of hydrazone groups is 1. The van der Waals surface area contributed by atoms with Crippen LogP contribution in [0, 0.1) is 5.92 Å². The molecule has 0 spiro atoms. The molecule has 1 aromatic heterocycles. The Morgan fingerprint density at radius 2 is 1.96 bits per heavy atom. The summed E-state index contributed by atoms with van der Waals surface area (Å²) in [5.74, 6) is 0.746. The second kappa shape index (κ2) is 5.58. The van der Waals surface area contributed by atoms with Gasteiger partial charge < -0.3 is 10.6 Å². The third-order valence-electron chi connectivity index (χ3n) is 5.13. The second-order valence-electron chi connectivity index (χ2n) is 6.61. The summed E-state index contributed by atoms with van der Waals surface area (Å²) in [5.41, 5.74) is 10.3. The number of pyridine rings is 1. The van der Waals surface area contributed by atoms with E-state index >= 15 is 0 Å². The van der Waals surface area contributed by atoms with Crippen LogP contribution in [-0.4, -0.2) is 34.7 Å². The van der Waals surface area contributed by atoms with Crippen LogP contribution in [0.4, 0.5) is 11.5 Å². The summed E-state index contributed by atoms with van der Waals surface area (Å²) in [6, 6.07) is 9.56. The van der Waals surface area contributed by atoms with Crippen molar-refractivity contribution in [2.75, 3.05) is 17.8 Å². The van der Waals surface area contributed by atoms with Crippen LogP contribution in [0.3, 0.4) is 0 Å². The first-order valence-electron chi connectivity index (χ1n) is 8.51. The van der Waals surface area contributed by atoms with Crippen LogP contribution < -0.4 is 10.7 Å². The number of rotatable bonds is 2. The van der Waals surface area contributed by atoms with Crippen molar-refractivity contribution in [1.29, 1.82) is 0 Å². The quantitative estimate of drug-likeness (QED) is 0.915. The average Bonchev–Trinajstić information content (AvgIpc) is 2.97. The first-order chi connectivity index (χ1) is 12.0. The largest absolute Gasteiger partial charge is 0.384 e. The number of nitrogens with zero attached hydrogens (tertiary/aromatic N) is 4. The summed E-state index contributed by atoms with van der Waals surface area (Å²) in [5, 5.41) is 6.80. The number of nitrogen functional groups attached to an aromatic ring is 1. The lowest BCUT2D eigenvalue weighted by atomic mass is 9.96. The van der Waals surface area contributed by atoms with E-state index in [4.69, 9.17) is 10.8 Å². The van der Waals surface area contributed by atoms with E-state index in [1.54, 1.807) is 17.2 Å². The smallest absolute Gasteiger partial charge is 0.257 e. The van der Waals surface area contributed by atoms with Crippen molar-refractivity contribution >= 4 is 23.1 Å². The molecule has 1 aromatic carbocycles. The zero-order valence-corrected chi connectivity index (χ0v) is 14.6. The van der Waals surface area contributed by atoms with Gasteiger partial charge in [-0.1, -0.05) is 19.9 Å². The Hall–Kier alpha value is -2.89. The van der Waals surface area contributed by atoms with Gasteiger partial charge in [0.05, 0.1) is 11.3 Å². The topological polar surface area (TPSA) is 74.8 Å². The third kappa shape index (κ3) is 2.28. The van der Waals surface area contributed by atoms with Gasteiger partial charge in [-0.05, 0) is 36.2 Å². The van der Waals surface area contributed by atoms with Crippen LogP contribution in [0.2, 0.25) is 0 Å².